The zero-order chi connectivity index (χ0) is 33.6. The number of carboxylic acids is 1. The number of hydrogen-bond acceptors (Lipinski definition) is 3. The van der Waals surface area contributed by atoms with Gasteiger partial charge in [0.2, 0.25) is 0 Å². The molecule has 0 aromatic rings. The van der Waals surface area contributed by atoms with Crippen LogP contribution in [0.15, 0.2) is 24.3 Å². The maximum Gasteiger partial charge on any atom is 0.306 e. The summed E-state index contributed by atoms with van der Waals surface area (Å²) >= 11 is 0. The monoisotopic (exact) mass is 647 g/mol. The summed E-state index contributed by atoms with van der Waals surface area (Å²) in [4.78, 5) is 23.4. The zero-order valence-electron chi connectivity index (χ0n) is 30.9. The van der Waals surface area contributed by atoms with E-state index in [9.17, 15) is 9.59 Å². The fourth-order valence-electron chi connectivity index (χ4n) is 6.16. The van der Waals surface area contributed by atoms with Gasteiger partial charge >= 0.3 is 11.9 Å². The second-order valence-corrected chi connectivity index (χ2v) is 13.8. The fourth-order valence-corrected chi connectivity index (χ4v) is 6.16. The molecule has 0 radical (unpaired) electrons. The third-order valence-corrected chi connectivity index (χ3v) is 9.18. The third kappa shape index (κ3) is 36.9. The molecule has 0 fully saturated rings. The van der Waals surface area contributed by atoms with Crippen molar-refractivity contribution < 1.29 is 19.4 Å². The molecule has 1 unspecified atom stereocenters. The van der Waals surface area contributed by atoms with Gasteiger partial charge in [0.15, 0.2) is 0 Å². The molecule has 0 aliphatic carbocycles. The largest absolute Gasteiger partial charge is 0.481 e. The Kier molecular flexibility index (Phi) is 36.6. The standard InChI is InChI=1S/C42H78O4/c1-3-5-7-9-11-13-15-16-17-18-19-20-21-22-23-25-27-29-35-39-42(45)46-40(37-33-30-31-34-38-41(43)44)36-32-28-26-24-14-12-10-8-6-4-2/h11,13,16-17,40H,3-10,12,14-15,18-39H2,1-2H3,(H,43,44)/b13-11-,17-16-. The molecule has 0 saturated heterocycles. The van der Waals surface area contributed by atoms with Gasteiger partial charge in [-0.1, -0.05) is 167 Å². The lowest BCUT2D eigenvalue weighted by Crippen LogP contribution is -2.18. The van der Waals surface area contributed by atoms with E-state index in [2.05, 4.69) is 38.2 Å². The van der Waals surface area contributed by atoms with Crippen LogP contribution in [0.25, 0.3) is 0 Å². The first-order valence-corrected chi connectivity index (χ1v) is 20.3. The highest BCUT2D eigenvalue weighted by Crippen LogP contribution is 2.19. The lowest BCUT2D eigenvalue weighted by Gasteiger charge is -2.18. The van der Waals surface area contributed by atoms with Crippen molar-refractivity contribution in [2.75, 3.05) is 0 Å². The Morgan fingerprint density at radius 2 is 0.848 bits per heavy atom. The van der Waals surface area contributed by atoms with Gasteiger partial charge < -0.3 is 9.84 Å². The minimum Gasteiger partial charge on any atom is -0.481 e. The average molecular weight is 647 g/mol. The van der Waals surface area contributed by atoms with E-state index >= 15 is 0 Å². The zero-order valence-corrected chi connectivity index (χ0v) is 30.9. The second-order valence-electron chi connectivity index (χ2n) is 13.8. The lowest BCUT2D eigenvalue weighted by molar-refractivity contribution is -0.150. The van der Waals surface area contributed by atoms with E-state index in [0.29, 0.717) is 6.42 Å². The quantitative estimate of drug-likeness (QED) is 0.0414. The summed E-state index contributed by atoms with van der Waals surface area (Å²) in [6.07, 6.45) is 47.7. The molecular weight excluding hydrogens is 568 g/mol. The Morgan fingerprint density at radius 1 is 0.478 bits per heavy atom. The van der Waals surface area contributed by atoms with Crippen molar-refractivity contribution in [2.45, 2.75) is 232 Å². The Balaban J connectivity index is 3.90. The third-order valence-electron chi connectivity index (χ3n) is 9.18. The lowest BCUT2D eigenvalue weighted by atomic mass is 10.0. The number of ether oxygens (including phenoxy) is 1. The first-order valence-electron chi connectivity index (χ1n) is 20.3. The van der Waals surface area contributed by atoms with Gasteiger partial charge in [0.25, 0.3) is 0 Å². The highest BCUT2D eigenvalue weighted by atomic mass is 16.5. The summed E-state index contributed by atoms with van der Waals surface area (Å²) in [6.45, 7) is 4.52. The number of esters is 1. The van der Waals surface area contributed by atoms with Crippen molar-refractivity contribution in [1.29, 1.82) is 0 Å². The molecule has 0 rings (SSSR count). The van der Waals surface area contributed by atoms with Crippen molar-refractivity contribution in [3.8, 4) is 0 Å². The predicted octanol–water partition coefficient (Wildman–Crippen LogP) is 14.0. The Morgan fingerprint density at radius 3 is 1.33 bits per heavy atom. The molecule has 0 saturated carbocycles. The number of carbonyl (C=O) groups is 2. The summed E-state index contributed by atoms with van der Waals surface area (Å²) < 4.78 is 5.97. The number of rotatable bonds is 37. The van der Waals surface area contributed by atoms with E-state index in [1.165, 1.54) is 135 Å². The maximum absolute atomic E-state index is 12.6. The molecule has 0 aromatic carbocycles. The van der Waals surface area contributed by atoms with Gasteiger partial charge in [0.1, 0.15) is 6.10 Å². The van der Waals surface area contributed by atoms with Crippen molar-refractivity contribution >= 4 is 11.9 Å². The predicted molar refractivity (Wildman–Crippen MR) is 200 cm³/mol. The van der Waals surface area contributed by atoms with E-state index in [4.69, 9.17) is 9.84 Å². The molecule has 0 aromatic heterocycles. The van der Waals surface area contributed by atoms with Crippen molar-refractivity contribution in [1.82, 2.24) is 0 Å². The first-order chi connectivity index (χ1) is 22.6. The van der Waals surface area contributed by atoms with Gasteiger partial charge in [-0.2, -0.15) is 0 Å². The summed E-state index contributed by atoms with van der Waals surface area (Å²) in [5.41, 5.74) is 0. The maximum atomic E-state index is 12.6. The number of hydrogen-bond donors (Lipinski definition) is 1. The van der Waals surface area contributed by atoms with Crippen LogP contribution in [0.1, 0.15) is 226 Å². The smallest absolute Gasteiger partial charge is 0.306 e. The van der Waals surface area contributed by atoms with Gasteiger partial charge in [-0.3, -0.25) is 9.59 Å². The molecule has 4 heteroatoms. The van der Waals surface area contributed by atoms with Gasteiger partial charge in [-0.05, 0) is 70.6 Å². The van der Waals surface area contributed by atoms with Crippen molar-refractivity contribution in [3.05, 3.63) is 24.3 Å². The van der Waals surface area contributed by atoms with Gasteiger partial charge in [0.05, 0.1) is 0 Å². The number of carboxylic acid groups (broad SMARTS) is 1. The van der Waals surface area contributed by atoms with E-state index < -0.39 is 5.97 Å². The first kappa shape index (κ1) is 44.4. The van der Waals surface area contributed by atoms with Gasteiger partial charge in [-0.25, -0.2) is 0 Å². The molecule has 1 N–H and O–H groups in total. The molecule has 0 spiro atoms. The van der Waals surface area contributed by atoms with Crippen molar-refractivity contribution in [3.63, 3.8) is 0 Å². The second kappa shape index (κ2) is 37.9. The Labute approximate surface area is 287 Å². The summed E-state index contributed by atoms with van der Waals surface area (Å²) in [5, 5.41) is 8.84. The molecule has 46 heavy (non-hydrogen) atoms. The Bertz CT molecular complexity index is 698. The van der Waals surface area contributed by atoms with E-state index in [-0.39, 0.29) is 18.5 Å². The highest BCUT2D eigenvalue weighted by Gasteiger charge is 2.14. The molecule has 4 nitrogen and oxygen atoms in total. The van der Waals surface area contributed by atoms with E-state index in [0.717, 1.165) is 64.2 Å². The van der Waals surface area contributed by atoms with Crippen LogP contribution in [0.2, 0.25) is 0 Å². The topological polar surface area (TPSA) is 63.6 Å². The number of allylic oxidation sites excluding steroid dienone is 4. The summed E-state index contributed by atoms with van der Waals surface area (Å²) in [5.74, 6) is -0.723. The van der Waals surface area contributed by atoms with E-state index in [1.54, 1.807) is 0 Å². The van der Waals surface area contributed by atoms with Crippen LogP contribution < -0.4 is 0 Å². The molecule has 270 valence electrons. The molecule has 0 aliphatic heterocycles. The van der Waals surface area contributed by atoms with Crippen LogP contribution in [0.4, 0.5) is 0 Å². The van der Waals surface area contributed by atoms with Crippen LogP contribution in [0.3, 0.4) is 0 Å². The molecular formula is C42H78O4. The summed E-state index contributed by atoms with van der Waals surface area (Å²) in [7, 11) is 0. The Hall–Kier alpha value is -1.58. The summed E-state index contributed by atoms with van der Waals surface area (Å²) in [6, 6.07) is 0. The molecule has 0 heterocycles. The van der Waals surface area contributed by atoms with Gasteiger partial charge in [0, 0.05) is 12.8 Å². The highest BCUT2D eigenvalue weighted by molar-refractivity contribution is 5.69. The normalized spacial score (nSPS) is 12.4. The molecule has 1 atom stereocenters. The van der Waals surface area contributed by atoms with Crippen LogP contribution in [0.5, 0.6) is 0 Å². The SMILES string of the molecule is CCCCC/C=C\C/C=C\CCCCCCCCCCCC(=O)OC(CCCCCCCCCCCC)CCCCCCC(=O)O. The van der Waals surface area contributed by atoms with Crippen molar-refractivity contribution in [2.24, 2.45) is 0 Å². The van der Waals surface area contributed by atoms with Gasteiger partial charge in [-0.15, -0.1) is 0 Å². The molecule has 0 aliphatic rings. The fraction of sp³-hybridized carbons (Fsp3) is 0.857. The molecule has 0 bridgehead atoms. The van der Waals surface area contributed by atoms with Crippen LogP contribution in [-0.2, 0) is 14.3 Å². The number of aliphatic carboxylic acids is 1. The van der Waals surface area contributed by atoms with Crippen LogP contribution >= 0.6 is 0 Å². The van der Waals surface area contributed by atoms with Crippen LogP contribution in [0, 0.1) is 0 Å². The molecule has 0 amide bonds. The minimum absolute atomic E-state index is 0.0139. The number of carbonyl (C=O) groups excluding carboxylic acids is 1. The van der Waals surface area contributed by atoms with Crippen LogP contribution in [-0.4, -0.2) is 23.1 Å². The van der Waals surface area contributed by atoms with E-state index in [1.807, 2.05) is 0 Å². The average Bonchev–Trinajstić information content (AvgIpc) is 3.04. The number of unbranched alkanes of at least 4 members (excludes halogenated alkanes) is 24. The minimum atomic E-state index is -0.709.